The molecule has 1 aromatic rings. The molecule has 1 N–H and O–H groups in total. The van der Waals surface area contributed by atoms with Crippen molar-refractivity contribution < 1.29 is 12.8 Å². The van der Waals surface area contributed by atoms with Crippen LogP contribution < -0.4 is 4.72 Å². The first-order chi connectivity index (χ1) is 7.68. The van der Waals surface area contributed by atoms with Crippen LogP contribution in [0.25, 0.3) is 0 Å². The van der Waals surface area contributed by atoms with Gasteiger partial charge in [0.2, 0.25) is 10.0 Å². The van der Waals surface area contributed by atoms with E-state index in [1.165, 1.54) is 6.07 Å². The number of benzene rings is 1. The van der Waals surface area contributed by atoms with E-state index in [1.807, 2.05) is 6.92 Å². The maximum atomic E-state index is 12.9. The Kier molecular flexibility index (Phi) is 4.33. The number of nitrogens with one attached hydrogen (secondary N) is 1. The van der Waals surface area contributed by atoms with Gasteiger partial charge < -0.3 is 0 Å². The zero-order valence-corrected chi connectivity index (χ0v) is 12.3. The molecule has 0 atom stereocenters. The Morgan fingerprint density at radius 1 is 1.41 bits per heavy atom. The third-order valence-electron chi connectivity index (χ3n) is 2.48. The van der Waals surface area contributed by atoms with Crippen molar-refractivity contribution in [2.45, 2.75) is 37.6 Å². The summed E-state index contributed by atoms with van der Waals surface area (Å²) >= 11 is 3.05. The van der Waals surface area contributed by atoms with Gasteiger partial charge in [-0.2, -0.15) is 0 Å². The van der Waals surface area contributed by atoms with Crippen molar-refractivity contribution in [3.05, 3.63) is 28.5 Å². The van der Waals surface area contributed by atoms with Gasteiger partial charge in [-0.3, -0.25) is 0 Å². The largest absolute Gasteiger partial charge is 0.242 e. The van der Waals surface area contributed by atoms with Crippen LogP contribution in [0.3, 0.4) is 0 Å². The zero-order valence-electron chi connectivity index (χ0n) is 9.92. The van der Waals surface area contributed by atoms with Crippen LogP contribution >= 0.6 is 15.9 Å². The van der Waals surface area contributed by atoms with E-state index in [0.29, 0.717) is 6.42 Å². The first kappa shape index (κ1) is 14.6. The molecule has 0 radical (unpaired) electrons. The number of hydrogen-bond acceptors (Lipinski definition) is 2. The highest BCUT2D eigenvalue weighted by Gasteiger charge is 2.26. The minimum absolute atomic E-state index is 0.0421. The number of rotatable bonds is 4. The summed E-state index contributed by atoms with van der Waals surface area (Å²) in [6, 6.07) is 3.50. The number of halogens is 2. The third-order valence-corrected chi connectivity index (χ3v) is 5.15. The van der Waals surface area contributed by atoms with Crippen molar-refractivity contribution in [2.75, 3.05) is 0 Å². The molecule has 1 rings (SSSR count). The van der Waals surface area contributed by atoms with E-state index >= 15 is 0 Å². The summed E-state index contributed by atoms with van der Waals surface area (Å²) in [6.07, 6.45) is 0.658. The molecular formula is C11H15BrFNO2S. The fraction of sp³-hybridized carbons (Fsp3) is 0.455. The summed E-state index contributed by atoms with van der Waals surface area (Å²) < 4.78 is 39.8. The van der Waals surface area contributed by atoms with Crippen LogP contribution in [0.15, 0.2) is 27.6 Å². The second kappa shape index (κ2) is 5.04. The second-order valence-corrected chi connectivity index (χ2v) is 6.92. The molecule has 0 heterocycles. The topological polar surface area (TPSA) is 46.2 Å². The molecule has 1 aromatic carbocycles. The minimum Gasteiger partial charge on any atom is -0.207 e. The van der Waals surface area contributed by atoms with E-state index in [9.17, 15) is 12.8 Å². The van der Waals surface area contributed by atoms with Crippen molar-refractivity contribution in [3.8, 4) is 0 Å². The van der Waals surface area contributed by atoms with Crippen molar-refractivity contribution in [1.82, 2.24) is 4.72 Å². The van der Waals surface area contributed by atoms with E-state index in [0.717, 1.165) is 12.1 Å². The predicted octanol–water partition coefficient (Wildman–Crippen LogP) is 3.06. The molecule has 0 fully saturated rings. The summed E-state index contributed by atoms with van der Waals surface area (Å²) in [5.74, 6) is -0.481. The first-order valence-corrected chi connectivity index (χ1v) is 7.44. The molecule has 0 amide bonds. The maximum absolute atomic E-state index is 12.9. The Labute approximate surface area is 110 Å². The van der Waals surface area contributed by atoms with Crippen LogP contribution in [0, 0.1) is 5.82 Å². The maximum Gasteiger partial charge on any atom is 0.242 e. The molecule has 0 aliphatic rings. The van der Waals surface area contributed by atoms with Crippen LogP contribution in [-0.2, 0) is 10.0 Å². The Hall–Kier alpha value is -0.460. The predicted molar refractivity (Wildman–Crippen MR) is 68.8 cm³/mol. The fourth-order valence-corrected chi connectivity index (χ4v) is 3.72. The Morgan fingerprint density at radius 2 is 2.00 bits per heavy atom. The van der Waals surface area contributed by atoms with E-state index < -0.39 is 21.4 Å². The standard InChI is InChI=1S/C11H15BrFNO2S/c1-4-11(2,3)14-17(15,16)10-6-5-8(13)7-9(10)12/h5-7,14H,4H2,1-3H3. The van der Waals surface area contributed by atoms with E-state index in [4.69, 9.17) is 0 Å². The molecule has 0 aliphatic carbocycles. The molecular weight excluding hydrogens is 309 g/mol. The second-order valence-electron chi connectivity index (χ2n) is 4.42. The summed E-state index contributed by atoms with van der Waals surface area (Å²) in [5.41, 5.74) is -0.535. The van der Waals surface area contributed by atoms with Crippen molar-refractivity contribution >= 4 is 26.0 Å². The van der Waals surface area contributed by atoms with Crippen LogP contribution in [-0.4, -0.2) is 14.0 Å². The van der Waals surface area contributed by atoms with Crippen molar-refractivity contribution in [3.63, 3.8) is 0 Å². The molecule has 0 unspecified atom stereocenters. The molecule has 3 nitrogen and oxygen atoms in total. The lowest BCUT2D eigenvalue weighted by molar-refractivity contribution is 0.439. The number of sulfonamides is 1. The SMILES string of the molecule is CCC(C)(C)NS(=O)(=O)c1ccc(F)cc1Br. The summed E-state index contributed by atoms with van der Waals surface area (Å²) in [5, 5.41) is 0. The van der Waals surface area contributed by atoms with Gasteiger partial charge in [-0.05, 0) is 54.4 Å². The Morgan fingerprint density at radius 3 is 2.47 bits per heavy atom. The summed E-state index contributed by atoms with van der Waals surface area (Å²) in [4.78, 5) is 0.0421. The summed E-state index contributed by atoms with van der Waals surface area (Å²) in [7, 11) is -3.64. The molecule has 0 aromatic heterocycles. The van der Waals surface area contributed by atoms with Gasteiger partial charge in [0.15, 0.2) is 0 Å². The van der Waals surface area contributed by atoms with Crippen LogP contribution in [0.4, 0.5) is 4.39 Å². The average Bonchev–Trinajstić information content (AvgIpc) is 2.15. The van der Waals surface area contributed by atoms with Gasteiger partial charge in [-0.1, -0.05) is 6.92 Å². The van der Waals surface area contributed by atoms with Crippen molar-refractivity contribution in [1.29, 1.82) is 0 Å². The smallest absolute Gasteiger partial charge is 0.207 e. The van der Waals surface area contributed by atoms with Gasteiger partial charge in [-0.25, -0.2) is 17.5 Å². The third kappa shape index (κ3) is 3.76. The first-order valence-electron chi connectivity index (χ1n) is 5.17. The van der Waals surface area contributed by atoms with Crippen LogP contribution in [0.2, 0.25) is 0 Å². The van der Waals surface area contributed by atoms with Crippen LogP contribution in [0.1, 0.15) is 27.2 Å². The highest BCUT2D eigenvalue weighted by molar-refractivity contribution is 9.10. The van der Waals surface area contributed by atoms with Gasteiger partial charge in [0.1, 0.15) is 5.82 Å². The van der Waals surface area contributed by atoms with E-state index in [2.05, 4.69) is 20.7 Å². The van der Waals surface area contributed by atoms with E-state index in [-0.39, 0.29) is 9.37 Å². The van der Waals surface area contributed by atoms with E-state index in [1.54, 1.807) is 13.8 Å². The lowest BCUT2D eigenvalue weighted by Gasteiger charge is -2.24. The molecule has 96 valence electrons. The highest BCUT2D eigenvalue weighted by atomic mass is 79.9. The number of hydrogen-bond donors (Lipinski definition) is 1. The molecule has 0 saturated heterocycles. The normalized spacial score (nSPS) is 12.8. The molecule has 0 spiro atoms. The highest BCUT2D eigenvalue weighted by Crippen LogP contribution is 2.24. The van der Waals surface area contributed by atoms with Gasteiger partial charge in [0.05, 0.1) is 4.90 Å². The lowest BCUT2D eigenvalue weighted by atomic mass is 10.0. The molecule has 17 heavy (non-hydrogen) atoms. The zero-order chi connectivity index (χ0) is 13.3. The molecule has 0 bridgehead atoms. The minimum atomic E-state index is -3.64. The molecule has 6 heteroatoms. The van der Waals surface area contributed by atoms with Gasteiger partial charge in [0.25, 0.3) is 0 Å². The molecule has 0 aliphatic heterocycles. The van der Waals surface area contributed by atoms with Gasteiger partial charge in [-0.15, -0.1) is 0 Å². The van der Waals surface area contributed by atoms with Crippen LogP contribution in [0.5, 0.6) is 0 Å². The quantitative estimate of drug-likeness (QED) is 0.925. The average molecular weight is 324 g/mol. The lowest BCUT2D eigenvalue weighted by Crippen LogP contribution is -2.42. The van der Waals surface area contributed by atoms with Gasteiger partial charge in [0, 0.05) is 10.0 Å². The molecule has 0 saturated carbocycles. The monoisotopic (exact) mass is 323 g/mol. The van der Waals surface area contributed by atoms with Gasteiger partial charge >= 0.3 is 0 Å². The Bertz CT molecular complexity index is 514. The summed E-state index contributed by atoms with van der Waals surface area (Å²) in [6.45, 7) is 5.48. The fourth-order valence-electron chi connectivity index (χ4n) is 1.18. The Balaban J connectivity index is 3.14. The van der Waals surface area contributed by atoms with Crippen molar-refractivity contribution in [2.24, 2.45) is 0 Å².